The zero-order chi connectivity index (χ0) is 10.4. The molecule has 3 rings (SSSR count). The molecular weight excluding hydrogens is 180 g/mol. The van der Waals surface area contributed by atoms with Crippen LogP contribution in [0.25, 0.3) is 0 Å². The molecule has 0 aromatic heterocycles. The van der Waals surface area contributed by atoms with Gasteiger partial charge in [-0.2, -0.15) is 0 Å². The highest BCUT2D eigenvalue weighted by Gasteiger charge is 2.35. The fourth-order valence-corrected chi connectivity index (χ4v) is 3.66. The highest BCUT2D eigenvalue weighted by Crippen LogP contribution is 2.50. The smallest absolute Gasteiger partial charge is 0.0130 e. The summed E-state index contributed by atoms with van der Waals surface area (Å²) in [5.41, 5.74) is 5.10. The third kappa shape index (κ3) is 1.34. The molecular formula is C15H20. The van der Waals surface area contributed by atoms with Crippen LogP contribution in [-0.2, 0) is 6.42 Å². The Morgan fingerprint density at radius 3 is 2.93 bits per heavy atom. The molecule has 0 nitrogen and oxygen atoms in total. The fourth-order valence-electron chi connectivity index (χ4n) is 3.66. The van der Waals surface area contributed by atoms with Gasteiger partial charge in [-0.1, -0.05) is 32.0 Å². The second kappa shape index (κ2) is 3.37. The average molecular weight is 200 g/mol. The minimum atomic E-state index is 0.807. The predicted octanol–water partition coefficient (Wildman–Crippen LogP) is 4.25. The van der Waals surface area contributed by atoms with Crippen molar-refractivity contribution in [3.05, 3.63) is 34.9 Å². The molecule has 2 aliphatic rings. The Morgan fingerprint density at radius 2 is 2.13 bits per heavy atom. The largest absolute Gasteiger partial charge is 0.0622 e. The third-order valence-corrected chi connectivity index (χ3v) is 4.38. The van der Waals surface area contributed by atoms with Crippen LogP contribution in [0.3, 0.4) is 0 Å². The molecule has 0 fully saturated rings. The quantitative estimate of drug-likeness (QED) is 0.635. The van der Waals surface area contributed by atoms with Crippen molar-refractivity contribution >= 4 is 0 Å². The van der Waals surface area contributed by atoms with Crippen LogP contribution in [0.2, 0.25) is 0 Å². The van der Waals surface area contributed by atoms with Crippen molar-refractivity contribution in [1.29, 1.82) is 0 Å². The fraction of sp³-hybridized carbons (Fsp3) is 0.600. The first-order valence-electron chi connectivity index (χ1n) is 6.39. The molecule has 0 heterocycles. The standard InChI is InChI=1S/C15H20/c1-10(2)14-9-12-7-3-5-11-6-4-8-13(14)15(11)12/h4,6,8,10,12,14H,3,5,7,9H2,1-2H3. The van der Waals surface area contributed by atoms with E-state index in [-0.39, 0.29) is 0 Å². The molecule has 1 aromatic rings. The Labute approximate surface area is 92.7 Å². The van der Waals surface area contributed by atoms with Crippen molar-refractivity contribution in [3.8, 4) is 0 Å². The summed E-state index contributed by atoms with van der Waals surface area (Å²) in [6.07, 6.45) is 5.59. The first kappa shape index (κ1) is 9.45. The van der Waals surface area contributed by atoms with Crippen LogP contribution in [0.4, 0.5) is 0 Å². The highest BCUT2D eigenvalue weighted by atomic mass is 14.4. The first-order chi connectivity index (χ1) is 7.27. The van der Waals surface area contributed by atoms with Gasteiger partial charge in [-0.3, -0.25) is 0 Å². The van der Waals surface area contributed by atoms with Crippen LogP contribution in [0, 0.1) is 5.92 Å². The summed E-state index contributed by atoms with van der Waals surface area (Å²) in [6, 6.07) is 7.01. The van der Waals surface area contributed by atoms with E-state index in [1.54, 1.807) is 16.7 Å². The zero-order valence-electron chi connectivity index (χ0n) is 9.79. The van der Waals surface area contributed by atoms with Crippen molar-refractivity contribution in [2.24, 2.45) is 5.92 Å². The summed E-state index contributed by atoms with van der Waals surface area (Å²) >= 11 is 0. The van der Waals surface area contributed by atoms with Crippen LogP contribution in [0.15, 0.2) is 18.2 Å². The van der Waals surface area contributed by atoms with E-state index in [0.717, 1.165) is 17.8 Å². The van der Waals surface area contributed by atoms with Gasteiger partial charge in [-0.15, -0.1) is 0 Å². The van der Waals surface area contributed by atoms with E-state index in [2.05, 4.69) is 32.0 Å². The van der Waals surface area contributed by atoms with E-state index in [9.17, 15) is 0 Å². The molecule has 0 bridgehead atoms. The van der Waals surface area contributed by atoms with Crippen LogP contribution in [0.1, 0.15) is 61.6 Å². The van der Waals surface area contributed by atoms with Crippen LogP contribution < -0.4 is 0 Å². The third-order valence-electron chi connectivity index (χ3n) is 4.38. The summed E-state index contributed by atoms with van der Waals surface area (Å²) in [6.45, 7) is 4.75. The molecule has 1 aromatic carbocycles. The summed E-state index contributed by atoms with van der Waals surface area (Å²) in [4.78, 5) is 0. The Bertz CT molecular complexity index is 376. The average Bonchev–Trinajstić information content (AvgIpc) is 2.61. The Morgan fingerprint density at radius 1 is 1.27 bits per heavy atom. The minimum absolute atomic E-state index is 0.807. The molecule has 15 heavy (non-hydrogen) atoms. The minimum Gasteiger partial charge on any atom is -0.0622 e. The van der Waals surface area contributed by atoms with Gasteiger partial charge < -0.3 is 0 Å². The number of hydrogen-bond donors (Lipinski definition) is 0. The maximum absolute atomic E-state index is 2.38. The number of rotatable bonds is 1. The maximum Gasteiger partial charge on any atom is -0.0130 e. The van der Waals surface area contributed by atoms with Crippen molar-refractivity contribution in [3.63, 3.8) is 0 Å². The van der Waals surface area contributed by atoms with E-state index in [1.807, 2.05) is 0 Å². The highest BCUT2D eigenvalue weighted by molar-refractivity contribution is 5.45. The van der Waals surface area contributed by atoms with Gasteiger partial charge in [0, 0.05) is 0 Å². The van der Waals surface area contributed by atoms with Crippen molar-refractivity contribution < 1.29 is 0 Å². The molecule has 2 atom stereocenters. The summed E-state index contributed by atoms with van der Waals surface area (Å²) in [5.74, 6) is 2.54. The van der Waals surface area contributed by atoms with E-state index in [0.29, 0.717) is 0 Å². The number of aryl methyl sites for hydroxylation is 1. The Balaban J connectivity index is 2.12. The van der Waals surface area contributed by atoms with E-state index >= 15 is 0 Å². The van der Waals surface area contributed by atoms with Gasteiger partial charge in [0.1, 0.15) is 0 Å². The summed E-state index contributed by atoms with van der Waals surface area (Å²) < 4.78 is 0. The molecule has 0 saturated carbocycles. The van der Waals surface area contributed by atoms with Gasteiger partial charge in [-0.25, -0.2) is 0 Å². The van der Waals surface area contributed by atoms with Crippen molar-refractivity contribution in [2.45, 2.75) is 51.4 Å². The van der Waals surface area contributed by atoms with E-state index in [1.165, 1.54) is 25.7 Å². The summed E-state index contributed by atoms with van der Waals surface area (Å²) in [5, 5.41) is 0. The molecule has 0 N–H and O–H groups in total. The molecule has 0 amide bonds. The van der Waals surface area contributed by atoms with Gasteiger partial charge in [-0.05, 0) is 60.1 Å². The van der Waals surface area contributed by atoms with Crippen molar-refractivity contribution in [2.75, 3.05) is 0 Å². The van der Waals surface area contributed by atoms with Gasteiger partial charge >= 0.3 is 0 Å². The van der Waals surface area contributed by atoms with Gasteiger partial charge in [0.25, 0.3) is 0 Å². The number of hydrogen-bond acceptors (Lipinski definition) is 0. The molecule has 80 valence electrons. The Kier molecular flexibility index (Phi) is 2.12. The summed E-state index contributed by atoms with van der Waals surface area (Å²) in [7, 11) is 0. The molecule has 0 aliphatic heterocycles. The Hall–Kier alpha value is -0.780. The molecule has 2 aliphatic carbocycles. The molecule has 2 unspecified atom stereocenters. The van der Waals surface area contributed by atoms with Crippen molar-refractivity contribution in [1.82, 2.24) is 0 Å². The second-order valence-corrected chi connectivity index (χ2v) is 5.60. The normalized spacial score (nSPS) is 28.2. The first-order valence-corrected chi connectivity index (χ1v) is 6.39. The van der Waals surface area contributed by atoms with Crippen LogP contribution in [0.5, 0.6) is 0 Å². The van der Waals surface area contributed by atoms with Crippen LogP contribution >= 0.6 is 0 Å². The topological polar surface area (TPSA) is 0 Å². The van der Waals surface area contributed by atoms with Crippen LogP contribution in [-0.4, -0.2) is 0 Å². The number of benzene rings is 1. The monoisotopic (exact) mass is 200 g/mol. The SMILES string of the molecule is CC(C)C1CC2CCCc3cccc1c32. The zero-order valence-corrected chi connectivity index (χ0v) is 9.79. The predicted molar refractivity (Wildman–Crippen MR) is 64.3 cm³/mol. The lowest BCUT2D eigenvalue weighted by molar-refractivity contribution is 0.445. The lowest BCUT2D eigenvalue weighted by Gasteiger charge is -2.21. The van der Waals surface area contributed by atoms with E-state index < -0.39 is 0 Å². The molecule has 0 saturated heterocycles. The van der Waals surface area contributed by atoms with Gasteiger partial charge in [0.05, 0.1) is 0 Å². The van der Waals surface area contributed by atoms with Gasteiger partial charge in [0.2, 0.25) is 0 Å². The lowest BCUT2D eigenvalue weighted by Crippen LogP contribution is -2.05. The maximum atomic E-state index is 2.38. The second-order valence-electron chi connectivity index (χ2n) is 5.60. The van der Waals surface area contributed by atoms with E-state index in [4.69, 9.17) is 0 Å². The molecule has 0 spiro atoms. The molecule has 0 radical (unpaired) electrons. The van der Waals surface area contributed by atoms with Gasteiger partial charge in [0.15, 0.2) is 0 Å². The lowest BCUT2D eigenvalue weighted by atomic mass is 9.84. The molecule has 0 heteroatoms.